The predicted octanol–water partition coefficient (Wildman–Crippen LogP) is 4.58. The summed E-state index contributed by atoms with van der Waals surface area (Å²) in [5, 5.41) is 7.15. The number of pyridine rings is 1. The Hall–Kier alpha value is -2.84. The fraction of sp³-hybridized carbons (Fsp3) is 0.250. The standard InChI is InChI=1S/C20H21ClN4O3S/c1-4-28-16-9-13(5-7-15(16)27-3)10-23-19(26)18-12(2)24-20(29-18)25-17-8-6-14(21)11-22-17/h5-9,11H,4,10H2,1-3H3,(H,23,26)(H,22,24,25). The minimum absolute atomic E-state index is 0.189. The Bertz CT molecular complexity index is 992. The lowest BCUT2D eigenvalue weighted by Crippen LogP contribution is -2.22. The number of nitrogens with zero attached hydrogens (tertiary/aromatic N) is 2. The molecule has 29 heavy (non-hydrogen) atoms. The summed E-state index contributed by atoms with van der Waals surface area (Å²) < 4.78 is 10.9. The van der Waals surface area contributed by atoms with Crippen LogP contribution in [-0.4, -0.2) is 29.6 Å². The number of nitrogens with one attached hydrogen (secondary N) is 2. The van der Waals surface area contributed by atoms with Gasteiger partial charge in [-0.25, -0.2) is 9.97 Å². The lowest BCUT2D eigenvalue weighted by atomic mass is 10.2. The summed E-state index contributed by atoms with van der Waals surface area (Å²) >= 11 is 7.11. The van der Waals surface area contributed by atoms with Gasteiger partial charge in [0.15, 0.2) is 16.6 Å². The summed E-state index contributed by atoms with van der Waals surface area (Å²) in [6, 6.07) is 9.06. The maximum Gasteiger partial charge on any atom is 0.263 e. The molecule has 0 aliphatic heterocycles. The third kappa shape index (κ3) is 5.36. The zero-order valence-electron chi connectivity index (χ0n) is 16.3. The number of methoxy groups -OCH3 is 1. The smallest absolute Gasteiger partial charge is 0.263 e. The van der Waals surface area contributed by atoms with E-state index in [9.17, 15) is 4.79 Å². The molecule has 152 valence electrons. The van der Waals surface area contributed by atoms with Crippen LogP contribution < -0.4 is 20.1 Å². The number of hydrogen-bond acceptors (Lipinski definition) is 7. The van der Waals surface area contributed by atoms with E-state index >= 15 is 0 Å². The monoisotopic (exact) mass is 432 g/mol. The van der Waals surface area contributed by atoms with Gasteiger partial charge in [0.2, 0.25) is 0 Å². The molecule has 1 aromatic carbocycles. The summed E-state index contributed by atoms with van der Waals surface area (Å²) in [4.78, 5) is 21.7. The Balaban J connectivity index is 1.66. The molecule has 2 aromatic heterocycles. The van der Waals surface area contributed by atoms with E-state index in [1.54, 1.807) is 32.4 Å². The molecule has 2 N–H and O–H groups in total. The Morgan fingerprint density at radius 2 is 2.07 bits per heavy atom. The molecule has 0 saturated carbocycles. The quantitative estimate of drug-likeness (QED) is 0.541. The summed E-state index contributed by atoms with van der Waals surface area (Å²) in [5.74, 6) is 1.73. The Labute approximate surface area is 178 Å². The molecule has 3 aromatic rings. The van der Waals surface area contributed by atoms with Crippen LogP contribution in [-0.2, 0) is 6.54 Å². The number of ether oxygens (including phenoxy) is 2. The van der Waals surface area contributed by atoms with Crippen LogP contribution in [0.25, 0.3) is 0 Å². The number of thiazole rings is 1. The first-order valence-corrected chi connectivity index (χ1v) is 10.1. The summed E-state index contributed by atoms with van der Waals surface area (Å²) in [6.45, 7) is 4.60. The number of rotatable bonds is 8. The average molecular weight is 433 g/mol. The third-order valence-electron chi connectivity index (χ3n) is 3.95. The predicted molar refractivity (Wildman–Crippen MR) is 115 cm³/mol. The number of carbonyl (C=O) groups excluding carboxylic acids is 1. The van der Waals surface area contributed by atoms with Crippen LogP contribution in [0, 0.1) is 6.92 Å². The van der Waals surface area contributed by atoms with Gasteiger partial charge in [0.25, 0.3) is 5.91 Å². The minimum Gasteiger partial charge on any atom is -0.493 e. The molecule has 1 amide bonds. The van der Waals surface area contributed by atoms with Gasteiger partial charge in [-0.15, -0.1) is 0 Å². The van der Waals surface area contributed by atoms with Gasteiger partial charge in [0.1, 0.15) is 10.7 Å². The van der Waals surface area contributed by atoms with Crippen molar-refractivity contribution >= 4 is 39.8 Å². The molecule has 9 heteroatoms. The van der Waals surface area contributed by atoms with Gasteiger partial charge in [-0.3, -0.25) is 4.79 Å². The van der Waals surface area contributed by atoms with Crippen LogP contribution in [0.15, 0.2) is 36.5 Å². The molecule has 0 unspecified atom stereocenters. The molecule has 0 radical (unpaired) electrons. The van der Waals surface area contributed by atoms with Gasteiger partial charge < -0.3 is 20.1 Å². The summed E-state index contributed by atoms with van der Waals surface area (Å²) in [6.07, 6.45) is 1.54. The molecule has 0 bridgehead atoms. The molecule has 0 aliphatic rings. The van der Waals surface area contributed by atoms with E-state index in [1.165, 1.54) is 11.3 Å². The number of amides is 1. The third-order valence-corrected chi connectivity index (χ3v) is 5.24. The van der Waals surface area contributed by atoms with Crippen LogP contribution in [0.2, 0.25) is 5.02 Å². The normalized spacial score (nSPS) is 10.5. The average Bonchev–Trinajstić information content (AvgIpc) is 3.08. The van der Waals surface area contributed by atoms with Crippen molar-refractivity contribution in [3.63, 3.8) is 0 Å². The number of hydrogen-bond donors (Lipinski definition) is 2. The molecule has 2 heterocycles. The minimum atomic E-state index is -0.189. The molecular formula is C20H21ClN4O3S. The van der Waals surface area contributed by atoms with Crippen molar-refractivity contribution in [2.24, 2.45) is 0 Å². The largest absolute Gasteiger partial charge is 0.493 e. The molecular weight excluding hydrogens is 412 g/mol. The number of aryl methyl sites for hydroxylation is 1. The van der Waals surface area contributed by atoms with E-state index in [0.29, 0.717) is 51.2 Å². The first kappa shape index (κ1) is 20.9. The van der Waals surface area contributed by atoms with E-state index < -0.39 is 0 Å². The number of aromatic nitrogens is 2. The molecule has 3 rings (SSSR count). The number of halogens is 1. The topological polar surface area (TPSA) is 85.4 Å². The van der Waals surface area contributed by atoms with E-state index in [4.69, 9.17) is 21.1 Å². The van der Waals surface area contributed by atoms with Crippen LogP contribution in [0.4, 0.5) is 10.9 Å². The maximum absolute atomic E-state index is 12.6. The first-order valence-electron chi connectivity index (χ1n) is 8.94. The van der Waals surface area contributed by atoms with Crippen molar-refractivity contribution in [2.45, 2.75) is 20.4 Å². The van der Waals surface area contributed by atoms with Crippen LogP contribution in [0.1, 0.15) is 27.9 Å². The van der Waals surface area contributed by atoms with E-state index in [1.807, 2.05) is 25.1 Å². The second-order valence-electron chi connectivity index (χ2n) is 6.02. The van der Waals surface area contributed by atoms with Crippen molar-refractivity contribution in [2.75, 3.05) is 19.0 Å². The highest BCUT2D eigenvalue weighted by Gasteiger charge is 2.16. The van der Waals surface area contributed by atoms with Crippen LogP contribution >= 0.6 is 22.9 Å². The first-order chi connectivity index (χ1) is 14.0. The molecule has 0 spiro atoms. The van der Waals surface area contributed by atoms with Gasteiger partial charge in [-0.05, 0) is 43.7 Å². The molecule has 0 aliphatic carbocycles. The zero-order chi connectivity index (χ0) is 20.8. The van der Waals surface area contributed by atoms with Gasteiger partial charge >= 0.3 is 0 Å². The van der Waals surface area contributed by atoms with Crippen molar-refractivity contribution in [1.29, 1.82) is 0 Å². The van der Waals surface area contributed by atoms with Gasteiger partial charge in [-0.1, -0.05) is 29.0 Å². The second-order valence-corrected chi connectivity index (χ2v) is 7.46. The Kier molecular flexibility index (Phi) is 6.90. The number of carbonyl (C=O) groups is 1. The Morgan fingerprint density at radius 1 is 1.24 bits per heavy atom. The van der Waals surface area contributed by atoms with E-state index in [0.717, 1.165) is 5.56 Å². The summed E-state index contributed by atoms with van der Waals surface area (Å²) in [5.41, 5.74) is 1.56. The SMILES string of the molecule is CCOc1cc(CNC(=O)c2sc(Nc3ccc(Cl)cn3)nc2C)ccc1OC. The molecule has 7 nitrogen and oxygen atoms in total. The Morgan fingerprint density at radius 3 is 2.76 bits per heavy atom. The van der Waals surface area contributed by atoms with Crippen LogP contribution in [0.5, 0.6) is 11.5 Å². The second kappa shape index (κ2) is 9.58. The number of benzene rings is 1. The van der Waals surface area contributed by atoms with Crippen molar-refractivity contribution in [3.05, 3.63) is 57.7 Å². The van der Waals surface area contributed by atoms with Crippen LogP contribution in [0.3, 0.4) is 0 Å². The van der Waals surface area contributed by atoms with Gasteiger partial charge in [0.05, 0.1) is 24.4 Å². The van der Waals surface area contributed by atoms with Gasteiger partial charge in [0, 0.05) is 12.7 Å². The highest BCUT2D eigenvalue weighted by Crippen LogP contribution is 2.28. The van der Waals surface area contributed by atoms with Crippen molar-refractivity contribution < 1.29 is 14.3 Å². The fourth-order valence-electron chi connectivity index (χ4n) is 2.58. The molecule has 0 saturated heterocycles. The highest BCUT2D eigenvalue weighted by molar-refractivity contribution is 7.17. The van der Waals surface area contributed by atoms with E-state index in [2.05, 4.69) is 20.6 Å². The highest BCUT2D eigenvalue weighted by atomic mass is 35.5. The lowest BCUT2D eigenvalue weighted by molar-refractivity contribution is 0.0954. The lowest BCUT2D eigenvalue weighted by Gasteiger charge is -2.11. The number of anilines is 2. The molecule has 0 atom stereocenters. The maximum atomic E-state index is 12.6. The summed E-state index contributed by atoms with van der Waals surface area (Å²) in [7, 11) is 1.59. The fourth-order valence-corrected chi connectivity index (χ4v) is 3.58. The van der Waals surface area contributed by atoms with Gasteiger partial charge in [-0.2, -0.15) is 0 Å². The van der Waals surface area contributed by atoms with E-state index in [-0.39, 0.29) is 5.91 Å². The molecule has 0 fully saturated rings. The zero-order valence-corrected chi connectivity index (χ0v) is 17.9. The van der Waals surface area contributed by atoms with Crippen molar-refractivity contribution in [1.82, 2.24) is 15.3 Å². The van der Waals surface area contributed by atoms with Crippen molar-refractivity contribution in [3.8, 4) is 11.5 Å².